The first-order valence-corrected chi connectivity index (χ1v) is 6.45. The normalized spacial score (nSPS) is 10.1. The van der Waals surface area contributed by atoms with Gasteiger partial charge in [-0.1, -0.05) is 15.9 Å². The van der Waals surface area contributed by atoms with Crippen LogP contribution in [0.2, 0.25) is 0 Å². The molecule has 0 atom stereocenters. The zero-order valence-corrected chi connectivity index (χ0v) is 11.9. The first-order valence-electron chi connectivity index (χ1n) is 4.58. The van der Waals surface area contributed by atoms with Gasteiger partial charge in [0.1, 0.15) is 0 Å². The number of halogens is 2. The summed E-state index contributed by atoms with van der Waals surface area (Å²) in [5.74, 6) is -0.00111. The molecule has 0 amide bonds. The van der Waals surface area contributed by atoms with Crippen molar-refractivity contribution in [3.63, 3.8) is 0 Å². The number of rotatable bonds is 2. The van der Waals surface area contributed by atoms with Crippen molar-refractivity contribution in [3.05, 3.63) is 61.9 Å². The third kappa shape index (κ3) is 2.49. The highest BCUT2D eigenvalue weighted by molar-refractivity contribution is 14.1. The predicted octanol–water partition coefficient (Wildman–Crippen LogP) is 3.68. The minimum Gasteiger partial charge on any atom is -0.289 e. The van der Waals surface area contributed by atoms with Gasteiger partial charge in [0.2, 0.25) is 0 Å². The monoisotopic (exact) mass is 387 g/mol. The Bertz CT molecular complexity index is 528. The lowest BCUT2D eigenvalue weighted by Crippen LogP contribution is -2.03. The molecule has 0 fully saturated rings. The highest BCUT2D eigenvalue weighted by atomic mass is 127. The molecule has 0 unspecified atom stereocenters. The topological polar surface area (TPSA) is 30.0 Å². The first kappa shape index (κ1) is 11.7. The Labute approximate surface area is 115 Å². The molecule has 0 aliphatic heterocycles. The highest BCUT2D eigenvalue weighted by Crippen LogP contribution is 2.20. The lowest BCUT2D eigenvalue weighted by atomic mass is 10.1. The molecule has 0 N–H and O–H groups in total. The lowest BCUT2D eigenvalue weighted by molar-refractivity contribution is 0.103. The van der Waals surface area contributed by atoms with Crippen molar-refractivity contribution in [1.29, 1.82) is 0 Å². The second kappa shape index (κ2) is 5.05. The fraction of sp³-hybridized carbons (Fsp3) is 0. The van der Waals surface area contributed by atoms with Gasteiger partial charge >= 0.3 is 0 Å². The van der Waals surface area contributed by atoms with Gasteiger partial charge in [0.15, 0.2) is 5.78 Å². The summed E-state index contributed by atoms with van der Waals surface area (Å²) in [7, 11) is 0. The highest BCUT2D eigenvalue weighted by Gasteiger charge is 2.12. The molecule has 2 aromatic rings. The van der Waals surface area contributed by atoms with Crippen LogP contribution in [0.5, 0.6) is 0 Å². The van der Waals surface area contributed by atoms with E-state index in [9.17, 15) is 4.79 Å². The summed E-state index contributed by atoms with van der Waals surface area (Å²) < 4.78 is 1.84. The zero-order valence-electron chi connectivity index (χ0n) is 8.15. The van der Waals surface area contributed by atoms with Crippen LogP contribution in [-0.4, -0.2) is 10.8 Å². The van der Waals surface area contributed by atoms with Crippen LogP contribution in [0.1, 0.15) is 15.9 Å². The van der Waals surface area contributed by atoms with E-state index in [1.807, 2.05) is 18.2 Å². The first-order chi connectivity index (χ1) is 7.68. The Morgan fingerprint density at radius 2 is 2.12 bits per heavy atom. The zero-order chi connectivity index (χ0) is 11.5. The number of hydrogen-bond acceptors (Lipinski definition) is 2. The molecule has 0 spiro atoms. The van der Waals surface area contributed by atoms with E-state index in [4.69, 9.17) is 0 Å². The average Bonchev–Trinajstić information content (AvgIpc) is 2.32. The van der Waals surface area contributed by atoms with Gasteiger partial charge in [-0.3, -0.25) is 9.78 Å². The molecule has 1 aromatic carbocycles. The van der Waals surface area contributed by atoms with Crippen LogP contribution in [-0.2, 0) is 0 Å². The number of nitrogens with zero attached hydrogens (tertiary/aromatic N) is 1. The Hall–Kier alpha value is -0.750. The lowest BCUT2D eigenvalue weighted by Gasteiger charge is -2.04. The van der Waals surface area contributed by atoms with Crippen LogP contribution < -0.4 is 0 Å². The average molecular weight is 388 g/mol. The van der Waals surface area contributed by atoms with Gasteiger partial charge in [-0.15, -0.1) is 0 Å². The number of carbonyl (C=O) groups is 1. The predicted molar refractivity (Wildman–Crippen MR) is 74.5 cm³/mol. The Kier molecular flexibility index (Phi) is 3.70. The quantitative estimate of drug-likeness (QED) is 0.581. The second-order valence-corrected chi connectivity index (χ2v) is 5.27. The van der Waals surface area contributed by atoms with E-state index in [1.165, 1.54) is 0 Å². The SMILES string of the molecule is O=C(c1cccnc1)c1cc(Br)ccc1I. The van der Waals surface area contributed by atoms with Crippen LogP contribution in [0.4, 0.5) is 0 Å². The van der Waals surface area contributed by atoms with E-state index in [-0.39, 0.29) is 5.78 Å². The van der Waals surface area contributed by atoms with Crippen LogP contribution in [0.25, 0.3) is 0 Å². The van der Waals surface area contributed by atoms with Crippen LogP contribution in [0.3, 0.4) is 0 Å². The summed E-state index contributed by atoms with van der Waals surface area (Å²) in [6, 6.07) is 9.19. The van der Waals surface area contributed by atoms with Gasteiger partial charge in [-0.2, -0.15) is 0 Å². The van der Waals surface area contributed by atoms with Crippen molar-refractivity contribution in [2.45, 2.75) is 0 Å². The molecule has 2 rings (SSSR count). The Morgan fingerprint density at radius 1 is 1.31 bits per heavy atom. The summed E-state index contributed by atoms with van der Waals surface area (Å²) in [5.41, 5.74) is 1.31. The van der Waals surface area contributed by atoms with E-state index in [2.05, 4.69) is 43.5 Å². The van der Waals surface area contributed by atoms with E-state index >= 15 is 0 Å². The molecule has 16 heavy (non-hydrogen) atoms. The molecule has 0 bridgehead atoms. The molecule has 1 aromatic heterocycles. The molecule has 0 saturated carbocycles. The van der Waals surface area contributed by atoms with Crippen molar-refractivity contribution < 1.29 is 4.79 Å². The van der Waals surface area contributed by atoms with E-state index in [0.29, 0.717) is 11.1 Å². The van der Waals surface area contributed by atoms with Gasteiger partial charge in [-0.05, 0) is 52.9 Å². The fourth-order valence-corrected chi connectivity index (χ4v) is 2.27. The molecular formula is C12H7BrINO. The van der Waals surface area contributed by atoms with Crippen LogP contribution in [0.15, 0.2) is 47.2 Å². The summed E-state index contributed by atoms with van der Waals surface area (Å²) in [6.45, 7) is 0. The second-order valence-electron chi connectivity index (χ2n) is 3.19. The fourth-order valence-electron chi connectivity index (χ4n) is 1.32. The number of benzene rings is 1. The Morgan fingerprint density at radius 3 is 2.81 bits per heavy atom. The van der Waals surface area contributed by atoms with Gasteiger partial charge in [-0.25, -0.2) is 0 Å². The van der Waals surface area contributed by atoms with Crippen molar-refractivity contribution in [2.24, 2.45) is 0 Å². The number of pyridine rings is 1. The van der Waals surface area contributed by atoms with Crippen LogP contribution >= 0.6 is 38.5 Å². The van der Waals surface area contributed by atoms with Gasteiger partial charge in [0, 0.05) is 31.6 Å². The third-order valence-corrected chi connectivity index (χ3v) is 3.53. The largest absolute Gasteiger partial charge is 0.289 e. The summed E-state index contributed by atoms with van der Waals surface area (Å²) in [5, 5.41) is 0. The third-order valence-electron chi connectivity index (χ3n) is 2.10. The van der Waals surface area contributed by atoms with Crippen molar-refractivity contribution in [1.82, 2.24) is 4.98 Å². The molecule has 0 saturated heterocycles. The number of carbonyl (C=O) groups excluding carboxylic acids is 1. The molecule has 0 aliphatic carbocycles. The summed E-state index contributed by atoms with van der Waals surface area (Å²) >= 11 is 5.52. The minimum atomic E-state index is -0.00111. The molecule has 4 heteroatoms. The van der Waals surface area contributed by atoms with Crippen molar-refractivity contribution in [3.8, 4) is 0 Å². The summed E-state index contributed by atoms with van der Waals surface area (Å²) in [4.78, 5) is 16.1. The van der Waals surface area contributed by atoms with Crippen molar-refractivity contribution >= 4 is 44.3 Å². The molecule has 0 aliphatic rings. The molecule has 0 radical (unpaired) electrons. The van der Waals surface area contributed by atoms with E-state index in [0.717, 1.165) is 8.04 Å². The summed E-state index contributed by atoms with van der Waals surface area (Å²) in [6.07, 6.45) is 3.24. The standard InChI is InChI=1S/C12H7BrINO/c13-9-3-4-11(14)10(6-9)12(16)8-2-1-5-15-7-8/h1-7H. The smallest absolute Gasteiger partial charge is 0.195 e. The molecule has 2 nitrogen and oxygen atoms in total. The molecule has 1 heterocycles. The molecule has 80 valence electrons. The van der Waals surface area contributed by atoms with Crippen molar-refractivity contribution in [2.75, 3.05) is 0 Å². The number of ketones is 1. The van der Waals surface area contributed by atoms with Crippen LogP contribution in [0, 0.1) is 3.57 Å². The van der Waals surface area contributed by atoms with Gasteiger partial charge in [0.05, 0.1) is 0 Å². The van der Waals surface area contributed by atoms with E-state index < -0.39 is 0 Å². The maximum absolute atomic E-state index is 12.2. The maximum Gasteiger partial charge on any atom is 0.195 e. The van der Waals surface area contributed by atoms with Gasteiger partial charge in [0.25, 0.3) is 0 Å². The minimum absolute atomic E-state index is 0.00111. The number of aromatic nitrogens is 1. The van der Waals surface area contributed by atoms with E-state index in [1.54, 1.807) is 24.5 Å². The molecular weight excluding hydrogens is 381 g/mol. The van der Waals surface area contributed by atoms with Gasteiger partial charge < -0.3 is 0 Å². The number of hydrogen-bond donors (Lipinski definition) is 0. The maximum atomic E-state index is 12.2. The Balaban J connectivity index is 2.46.